The monoisotopic (exact) mass is 311 g/mol. The van der Waals surface area contributed by atoms with Gasteiger partial charge in [0.15, 0.2) is 0 Å². The van der Waals surface area contributed by atoms with Crippen LogP contribution in [0.25, 0.3) is 0 Å². The summed E-state index contributed by atoms with van der Waals surface area (Å²) in [5.41, 5.74) is 1.73. The van der Waals surface area contributed by atoms with Crippen LogP contribution >= 0.6 is 0 Å². The van der Waals surface area contributed by atoms with Gasteiger partial charge in [0.2, 0.25) is 0 Å². The average Bonchev–Trinajstić information content (AvgIpc) is 3.10. The molecule has 3 rings (SSSR count). The van der Waals surface area contributed by atoms with Crippen LogP contribution in [0.5, 0.6) is 11.5 Å². The summed E-state index contributed by atoms with van der Waals surface area (Å²) in [5, 5.41) is 0. The number of carbonyl (C=O) groups is 1. The summed E-state index contributed by atoms with van der Waals surface area (Å²) >= 11 is 0. The van der Waals surface area contributed by atoms with Crippen molar-refractivity contribution in [2.24, 2.45) is 0 Å². The molecule has 0 radical (unpaired) electrons. The van der Waals surface area contributed by atoms with E-state index in [9.17, 15) is 4.79 Å². The molecule has 1 aliphatic rings. The first-order valence-corrected chi connectivity index (χ1v) is 7.82. The Labute approximate surface area is 136 Å². The number of hydrogen-bond acceptors (Lipinski definition) is 3. The molecular formula is C19H21NO3. The maximum atomic E-state index is 12.8. The van der Waals surface area contributed by atoms with Gasteiger partial charge in [-0.3, -0.25) is 4.79 Å². The number of methoxy groups -OCH3 is 2. The van der Waals surface area contributed by atoms with Gasteiger partial charge in [0.05, 0.1) is 20.3 Å². The Balaban J connectivity index is 1.94. The Hall–Kier alpha value is -2.49. The molecule has 120 valence electrons. The fourth-order valence-corrected chi connectivity index (χ4v) is 3.18. The van der Waals surface area contributed by atoms with Crippen LogP contribution in [0, 0.1) is 0 Å². The van der Waals surface area contributed by atoms with Crippen molar-refractivity contribution in [2.75, 3.05) is 20.8 Å². The van der Waals surface area contributed by atoms with E-state index in [0.717, 1.165) is 42.0 Å². The summed E-state index contributed by atoms with van der Waals surface area (Å²) in [4.78, 5) is 14.8. The number of ether oxygens (including phenoxy) is 2. The molecule has 0 spiro atoms. The Morgan fingerprint density at radius 3 is 2.57 bits per heavy atom. The molecule has 0 aliphatic carbocycles. The van der Waals surface area contributed by atoms with Gasteiger partial charge in [-0.2, -0.15) is 0 Å². The van der Waals surface area contributed by atoms with Crippen molar-refractivity contribution in [3.8, 4) is 11.5 Å². The van der Waals surface area contributed by atoms with E-state index in [1.165, 1.54) is 0 Å². The highest BCUT2D eigenvalue weighted by Gasteiger charge is 2.32. The van der Waals surface area contributed by atoms with Gasteiger partial charge in [0.1, 0.15) is 11.5 Å². The van der Waals surface area contributed by atoms with E-state index in [1.807, 2.05) is 53.4 Å². The summed E-state index contributed by atoms with van der Waals surface area (Å²) in [7, 11) is 3.30. The van der Waals surface area contributed by atoms with Crippen molar-refractivity contribution in [1.82, 2.24) is 4.90 Å². The Morgan fingerprint density at radius 2 is 1.87 bits per heavy atom. The molecule has 4 nitrogen and oxygen atoms in total. The molecule has 1 aliphatic heterocycles. The van der Waals surface area contributed by atoms with Gasteiger partial charge in [0.25, 0.3) is 5.91 Å². The highest BCUT2D eigenvalue weighted by Crippen LogP contribution is 2.39. The molecule has 1 atom stereocenters. The van der Waals surface area contributed by atoms with Crippen LogP contribution in [0.3, 0.4) is 0 Å². The molecule has 23 heavy (non-hydrogen) atoms. The molecule has 2 aromatic rings. The van der Waals surface area contributed by atoms with Crippen molar-refractivity contribution in [3.63, 3.8) is 0 Å². The SMILES string of the molecule is COc1ccc(OC)c(C2CCCN2C(=O)c2ccccc2)c1. The normalized spacial score (nSPS) is 17.1. The zero-order valence-electron chi connectivity index (χ0n) is 13.5. The number of rotatable bonds is 4. The van der Waals surface area contributed by atoms with Gasteiger partial charge in [0, 0.05) is 17.7 Å². The third kappa shape index (κ3) is 3.02. The first-order valence-electron chi connectivity index (χ1n) is 7.82. The van der Waals surface area contributed by atoms with Gasteiger partial charge in [-0.1, -0.05) is 18.2 Å². The summed E-state index contributed by atoms with van der Waals surface area (Å²) in [6.45, 7) is 0.763. The second kappa shape index (κ2) is 6.73. The second-order valence-electron chi connectivity index (χ2n) is 5.63. The zero-order valence-corrected chi connectivity index (χ0v) is 13.5. The molecule has 4 heteroatoms. The number of benzene rings is 2. The number of amides is 1. The molecule has 1 amide bonds. The van der Waals surface area contributed by atoms with Crippen molar-refractivity contribution >= 4 is 5.91 Å². The van der Waals surface area contributed by atoms with Crippen LogP contribution in [0.1, 0.15) is 34.8 Å². The lowest BCUT2D eigenvalue weighted by molar-refractivity contribution is 0.0734. The molecule has 0 bridgehead atoms. The molecule has 1 heterocycles. The average molecular weight is 311 g/mol. The standard InChI is InChI=1S/C19H21NO3/c1-22-15-10-11-18(23-2)16(13-15)17-9-6-12-20(17)19(21)14-7-4-3-5-8-14/h3-5,7-8,10-11,13,17H,6,9,12H2,1-2H3. The van der Waals surface area contributed by atoms with Crippen LogP contribution in [0.4, 0.5) is 0 Å². The molecule has 1 fully saturated rings. The summed E-state index contributed by atoms with van der Waals surface area (Å²) in [5.74, 6) is 1.64. The van der Waals surface area contributed by atoms with Crippen molar-refractivity contribution in [3.05, 3.63) is 59.7 Å². The number of hydrogen-bond donors (Lipinski definition) is 0. The number of carbonyl (C=O) groups excluding carboxylic acids is 1. The topological polar surface area (TPSA) is 38.8 Å². The molecule has 2 aromatic carbocycles. The summed E-state index contributed by atoms with van der Waals surface area (Å²) in [6, 6.07) is 15.2. The third-order valence-electron chi connectivity index (χ3n) is 4.33. The number of nitrogens with zero attached hydrogens (tertiary/aromatic N) is 1. The van der Waals surface area contributed by atoms with Crippen LogP contribution < -0.4 is 9.47 Å². The summed E-state index contributed by atoms with van der Waals surface area (Å²) < 4.78 is 10.8. The Kier molecular flexibility index (Phi) is 4.51. The predicted molar refractivity (Wildman–Crippen MR) is 89.0 cm³/mol. The molecule has 0 aromatic heterocycles. The largest absolute Gasteiger partial charge is 0.497 e. The van der Waals surface area contributed by atoms with E-state index >= 15 is 0 Å². The highest BCUT2D eigenvalue weighted by molar-refractivity contribution is 5.94. The van der Waals surface area contributed by atoms with Crippen molar-refractivity contribution in [2.45, 2.75) is 18.9 Å². The van der Waals surface area contributed by atoms with Gasteiger partial charge in [-0.25, -0.2) is 0 Å². The fourth-order valence-electron chi connectivity index (χ4n) is 3.18. The lowest BCUT2D eigenvalue weighted by atomic mass is 10.0. The smallest absolute Gasteiger partial charge is 0.254 e. The molecular weight excluding hydrogens is 290 g/mol. The zero-order chi connectivity index (χ0) is 16.2. The maximum Gasteiger partial charge on any atom is 0.254 e. The molecule has 1 saturated heterocycles. The van der Waals surface area contributed by atoms with E-state index in [2.05, 4.69) is 0 Å². The predicted octanol–water partition coefficient (Wildman–Crippen LogP) is 3.68. The lowest BCUT2D eigenvalue weighted by Crippen LogP contribution is -2.30. The first kappa shape index (κ1) is 15.4. The Bertz CT molecular complexity index is 684. The van der Waals surface area contributed by atoms with Crippen LogP contribution in [0.2, 0.25) is 0 Å². The van der Waals surface area contributed by atoms with E-state index in [1.54, 1.807) is 14.2 Å². The second-order valence-corrected chi connectivity index (χ2v) is 5.63. The quantitative estimate of drug-likeness (QED) is 0.864. The van der Waals surface area contributed by atoms with Gasteiger partial charge >= 0.3 is 0 Å². The highest BCUT2D eigenvalue weighted by atomic mass is 16.5. The maximum absolute atomic E-state index is 12.8. The van der Waals surface area contributed by atoms with E-state index in [4.69, 9.17) is 9.47 Å². The lowest BCUT2D eigenvalue weighted by Gasteiger charge is -2.26. The van der Waals surface area contributed by atoms with Crippen LogP contribution in [-0.4, -0.2) is 31.6 Å². The van der Waals surface area contributed by atoms with E-state index in [0.29, 0.717) is 0 Å². The van der Waals surface area contributed by atoms with Crippen LogP contribution in [0.15, 0.2) is 48.5 Å². The minimum absolute atomic E-state index is 0.0211. The van der Waals surface area contributed by atoms with Gasteiger partial charge in [-0.15, -0.1) is 0 Å². The van der Waals surface area contributed by atoms with Crippen molar-refractivity contribution in [1.29, 1.82) is 0 Å². The molecule has 0 saturated carbocycles. The fraction of sp³-hybridized carbons (Fsp3) is 0.316. The minimum Gasteiger partial charge on any atom is -0.497 e. The summed E-state index contributed by atoms with van der Waals surface area (Å²) in [6.07, 6.45) is 1.92. The number of likely N-dealkylation sites (tertiary alicyclic amines) is 1. The molecule has 0 N–H and O–H groups in total. The van der Waals surface area contributed by atoms with Gasteiger partial charge in [-0.05, 0) is 43.2 Å². The minimum atomic E-state index is 0.0211. The Morgan fingerprint density at radius 1 is 1.09 bits per heavy atom. The molecule has 1 unspecified atom stereocenters. The van der Waals surface area contributed by atoms with Crippen molar-refractivity contribution < 1.29 is 14.3 Å². The first-order chi connectivity index (χ1) is 11.2. The third-order valence-corrected chi connectivity index (χ3v) is 4.33. The van der Waals surface area contributed by atoms with E-state index < -0.39 is 0 Å². The van der Waals surface area contributed by atoms with Crippen LogP contribution in [-0.2, 0) is 0 Å². The van der Waals surface area contributed by atoms with E-state index in [-0.39, 0.29) is 11.9 Å². The van der Waals surface area contributed by atoms with Gasteiger partial charge < -0.3 is 14.4 Å².